The Kier molecular flexibility index (Phi) is 4.11. The summed E-state index contributed by atoms with van der Waals surface area (Å²) in [6.07, 6.45) is 1.70. The van der Waals surface area contributed by atoms with E-state index < -0.39 is 0 Å². The van der Waals surface area contributed by atoms with Gasteiger partial charge in [-0.15, -0.1) is 0 Å². The summed E-state index contributed by atoms with van der Waals surface area (Å²) in [4.78, 5) is 7.39. The van der Waals surface area contributed by atoms with E-state index in [1.807, 2.05) is 24.1 Å². The molecule has 0 aliphatic rings. The third-order valence-electron chi connectivity index (χ3n) is 2.52. The minimum Gasteiger partial charge on any atom is -0.480 e. The Morgan fingerprint density at radius 1 is 1.44 bits per heavy atom. The summed E-state index contributed by atoms with van der Waals surface area (Å²) in [7, 11) is 3.56. The second-order valence-electron chi connectivity index (χ2n) is 3.87. The van der Waals surface area contributed by atoms with Crippen molar-refractivity contribution in [3.63, 3.8) is 0 Å². The van der Waals surface area contributed by atoms with Gasteiger partial charge in [-0.3, -0.25) is 0 Å². The molecule has 2 rings (SSSR count). The van der Waals surface area contributed by atoms with Crippen LogP contribution >= 0.6 is 11.5 Å². The van der Waals surface area contributed by atoms with Gasteiger partial charge in [0.1, 0.15) is 5.82 Å². The van der Waals surface area contributed by atoms with Crippen LogP contribution < -0.4 is 9.64 Å². The van der Waals surface area contributed by atoms with Crippen LogP contribution in [-0.2, 0) is 13.2 Å². The van der Waals surface area contributed by atoms with Gasteiger partial charge < -0.3 is 14.7 Å². The van der Waals surface area contributed by atoms with Crippen molar-refractivity contribution in [3.05, 3.63) is 34.8 Å². The first kappa shape index (κ1) is 12.8. The van der Waals surface area contributed by atoms with Crippen LogP contribution in [0.4, 0.5) is 5.82 Å². The number of hydrogen-bond donors (Lipinski definition) is 1. The van der Waals surface area contributed by atoms with Crippen LogP contribution in [0.5, 0.6) is 5.88 Å². The molecule has 0 radical (unpaired) electrons. The van der Waals surface area contributed by atoms with Gasteiger partial charge in [0.05, 0.1) is 20.3 Å². The SMILES string of the molecule is COc1cc(CN(C)c2cc(CO)ccn2)sn1. The molecule has 0 bridgehead atoms. The van der Waals surface area contributed by atoms with E-state index in [1.54, 1.807) is 19.4 Å². The molecule has 0 aromatic carbocycles. The predicted molar refractivity (Wildman–Crippen MR) is 70.9 cm³/mol. The normalized spacial score (nSPS) is 10.4. The lowest BCUT2D eigenvalue weighted by molar-refractivity contribution is 0.281. The maximum Gasteiger partial charge on any atom is 0.225 e. The predicted octanol–water partition coefficient (Wildman–Crippen LogP) is 1.68. The van der Waals surface area contributed by atoms with Gasteiger partial charge in [-0.05, 0) is 29.2 Å². The Morgan fingerprint density at radius 2 is 2.28 bits per heavy atom. The summed E-state index contributed by atoms with van der Waals surface area (Å²) in [6, 6.07) is 5.59. The highest BCUT2D eigenvalue weighted by molar-refractivity contribution is 7.05. The molecule has 0 saturated heterocycles. The van der Waals surface area contributed by atoms with Crippen molar-refractivity contribution >= 4 is 17.4 Å². The first-order valence-electron chi connectivity index (χ1n) is 5.49. The molecule has 0 spiro atoms. The highest BCUT2D eigenvalue weighted by Gasteiger charge is 2.07. The van der Waals surface area contributed by atoms with Crippen LogP contribution in [0.25, 0.3) is 0 Å². The third-order valence-corrected chi connectivity index (χ3v) is 3.28. The van der Waals surface area contributed by atoms with Crippen LogP contribution in [0.15, 0.2) is 24.4 Å². The molecule has 0 fully saturated rings. The molecule has 0 amide bonds. The number of anilines is 1. The summed E-state index contributed by atoms with van der Waals surface area (Å²) >= 11 is 1.41. The quantitative estimate of drug-likeness (QED) is 0.891. The largest absolute Gasteiger partial charge is 0.480 e. The Bertz CT molecular complexity index is 516. The monoisotopic (exact) mass is 265 g/mol. The molecule has 2 aromatic heterocycles. The topological polar surface area (TPSA) is 58.5 Å². The summed E-state index contributed by atoms with van der Waals surface area (Å²) in [5.74, 6) is 1.47. The zero-order valence-electron chi connectivity index (χ0n) is 10.3. The van der Waals surface area contributed by atoms with Gasteiger partial charge in [0.25, 0.3) is 0 Å². The van der Waals surface area contributed by atoms with Crippen molar-refractivity contribution in [2.75, 3.05) is 19.1 Å². The van der Waals surface area contributed by atoms with Crippen LogP contribution in [0, 0.1) is 0 Å². The first-order valence-corrected chi connectivity index (χ1v) is 6.26. The first-order chi connectivity index (χ1) is 8.72. The molecular weight excluding hydrogens is 250 g/mol. The average molecular weight is 265 g/mol. The van der Waals surface area contributed by atoms with E-state index in [-0.39, 0.29) is 6.61 Å². The fourth-order valence-electron chi connectivity index (χ4n) is 1.55. The summed E-state index contributed by atoms with van der Waals surface area (Å²) in [5, 5.41) is 9.10. The number of aliphatic hydroxyl groups is 1. The van der Waals surface area contributed by atoms with E-state index in [4.69, 9.17) is 9.84 Å². The van der Waals surface area contributed by atoms with Gasteiger partial charge in [-0.25, -0.2) is 4.98 Å². The third kappa shape index (κ3) is 2.96. The zero-order chi connectivity index (χ0) is 13.0. The fraction of sp³-hybridized carbons (Fsp3) is 0.333. The number of aromatic nitrogens is 2. The summed E-state index contributed by atoms with van der Waals surface area (Å²) in [6.45, 7) is 0.737. The van der Waals surface area contributed by atoms with E-state index >= 15 is 0 Å². The van der Waals surface area contributed by atoms with Gasteiger partial charge in [0.15, 0.2) is 0 Å². The number of nitrogens with zero attached hydrogens (tertiary/aromatic N) is 3. The number of aliphatic hydroxyl groups excluding tert-OH is 1. The molecule has 0 saturated carbocycles. The zero-order valence-corrected chi connectivity index (χ0v) is 11.1. The molecular formula is C12H15N3O2S. The van der Waals surface area contributed by atoms with Crippen LogP contribution in [0.2, 0.25) is 0 Å². The standard InChI is InChI=1S/C12H15N3O2S/c1-15(7-10-6-12(17-2)14-18-10)11-5-9(8-16)3-4-13-11/h3-6,16H,7-8H2,1-2H3. The van der Waals surface area contributed by atoms with Crippen molar-refractivity contribution in [3.8, 4) is 5.88 Å². The maximum absolute atomic E-state index is 9.10. The van der Waals surface area contributed by atoms with E-state index in [0.29, 0.717) is 12.4 Å². The molecule has 0 unspecified atom stereocenters. The van der Waals surface area contributed by atoms with Gasteiger partial charge in [-0.1, -0.05) is 0 Å². The lowest BCUT2D eigenvalue weighted by atomic mass is 10.2. The van der Waals surface area contributed by atoms with Crippen LogP contribution in [-0.4, -0.2) is 28.6 Å². The lowest BCUT2D eigenvalue weighted by Crippen LogP contribution is -2.17. The van der Waals surface area contributed by atoms with Crippen molar-refractivity contribution in [2.45, 2.75) is 13.2 Å². The van der Waals surface area contributed by atoms with E-state index in [9.17, 15) is 0 Å². The van der Waals surface area contributed by atoms with E-state index in [1.165, 1.54) is 11.5 Å². The van der Waals surface area contributed by atoms with Gasteiger partial charge >= 0.3 is 0 Å². The second-order valence-corrected chi connectivity index (χ2v) is 4.76. The summed E-state index contributed by atoms with van der Waals surface area (Å²) in [5.41, 5.74) is 0.855. The average Bonchev–Trinajstić information content (AvgIpc) is 2.86. The van der Waals surface area contributed by atoms with Crippen molar-refractivity contribution in [2.24, 2.45) is 0 Å². The van der Waals surface area contributed by atoms with E-state index in [0.717, 1.165) is 16.3 Å². The number of ether oxygens (including phenoxy) is 1. The molecule has 96 valence electrons. The Morgan fingerprint density at radius 3 is 2.94 bits per heavy atom. The lowest BCUT2D eigenvalue weighted by Gasteiger charge is -2.17. The number of methoxy groups -OCH3 is 1. The molecule has 0 aliphatic heterocycles. The highest BCUT2D eigenvalue weighted by atomic mass is 32.1. The van der Waals surface area contributed by atoms with Crippen LogP contribution in [0.3, 0.4) is 0 Å². The van der Waals surface area contributed by atoms with Gasteiger partial charge in [0, 0.05) is 24.2 Å². The molecule has 5 nitrogen and oxygen atoms in total. The smallest absolute Gasteiger partial charge is 0.225 e. The Labute approximate surface area is 110 Å². The molecule has 2 aromatic rings. The molecule has 1 N–H and O–H groups in total. The molecule has 2 heterocycles. The second kappa shape index (κ2) is 5.79. The number of pyridine rings is 1. The number of hydrogen-bond acceptors (Lipinski definition) is 6. The van der Waals surface area contributed by atoms with Gasteiger partial charge in [-0.2, -0.15) is 4.37 Å². The fourth-order valence-corrected chi connectivity index (χ4v) is 2.29. The molecule has 0 aliphatic carbocycles. The van der Waals surface area contributed by atoms with Crippen molar-refractivity contribution < 1.29 is 9.84 Å². The number of rotatable bonds is 5. The molecule has 18 heavy (non-hydrogen) atoms. The van der Waals surface area contributed by atoms with E-state index in [2.05, 4.69) is 9.36 Å². The maximum atomic E-state index is 9.10. The van der Waals surface area contributed by atoms with Gasteiger partial charge in [0.2, 0.25) is 5.88 Å². The molecule has 6 heteroatoms. The minimum atomic E-state index is 0.0255. The van der Waals surface area contributed by atoms with Crippen molar-refractivity contribution in [1.29, 1.82) is 0 Å². The Hall–Kier alpha value is -1.66. The molecule has 0 atom stereocenters. The Balaban J connectivity index is 2.08. The highest BCUT2D eigenvalue weighted by Crippen LogP contribution is 2.20. The minimum absolute atomic E-state index is 0.0255. The van der Waals surface area contributed by atoms with Crippen LogP contribution in [0.1, 0.15) is 10.4 Å². The van der Waals surface area contributed by atoms with Crippen molar-refractivity contribution in [1.82, 2.24) is 9.36 Å². The summed E-state index contributed by atoms with van der Waals surface area (Å²) < 4.78 is 9.20.